The third-order valence-corrected chi connectivity index (χ3v) is 7.04. The molecule has 4 rings (SSSR count). The highest BCUT2D eigenvalue weighted by Crippen LogP contribution is 2.38. The second-order valence-corrected chi connectivity index (χ2v) is 10.00. The van der Waals surface area contributed by atoms with Crippen molar-refractivity contribution >= 4 is 69.2 Å². The minimum Gasteiger partial charge on any atom is -0.493 e. The molecule has 0 radical (unpaired) electrons. The predicted molar refractivity (Wildman–Crippen MR) is 150 cm³/mol. The summed E-state index contributed by atoms with van der Waals surface area (Å²) in [5, 5.41) is 2.70. The second kappa shape index (κ2) is 11.8. The van der Waals surface area contributed by atoms with Crippen molar-refractivity contribution in [2.45, 2.75) is 13.3 Å². The highest BCUT2D eigenvalue weighted by Gasteiger charge is 2.33. The van der Waals surface area contributed by atoms with Crippen LogP contribution < -0.4 is 19.7 Å². The summed E-state index contributed by atoms with van der Waals surface area (Å²) in [4.78, 5) is 27.0. The lowest BCUT2D eigenvalue weighted by molar-refractivity contribution is -0.118. The van der Waals surface area contributed by atoms with E-state index in [1.165, 1.54) is 35.8 Å². The van der Waals surface area contributed by atoms with E-state index in [2.05, 4.69) is 12.2 Å². The lowest BCUT2D eigenvalue weighted by atomic mass is 10.1. The van der Waals surface area contributed by atoms with Crippen LogP contribution in [0.4, 0.5) is 15.8 Å². The van der Waals surface area contributed by atoms with Gasteiger partial charge in [0.2, 0.25) is 0 Å². The maximum atomic E-state index is 13.5. The number of amides is 2. The number of nitrogens with one attached hydrogen (secondary N) is 1. The molecule has 0 spiro atoms. The number of ether oxygens (including phenoxy) is 2. The van der Waals surface area contributed by atoms with E-state index in [4.69, 9.17) is 33.3 Å². The summed E-state index contributed by atoms with van der Waals surface area (Å²) in [6.07, 6.45) is 2.59. The standard InChI is InChI=1S/C27H22ClFN2O4S2/c1-3-16-4-7-18(8-5-16)30-25(32)15-35-22-11-6-17(12-23(22)34-2)13-24-26(33)31(27(36)37-24)19-9-10-21(29)20(28)14-19/h4-14H,3,15H2,1-2H3,(H,30,32)/b24-13-. The Kier molecular flexibility index (Phi) is 8.48. The number of aryl methyl sites for hydroxylation is 1. The van der Waals surface area contributed by atoms with Gasteiger partial charge in [0.15, 0.2) is 22.4 Å². The average molecular weight is 557 g/mol. The van der Waals surface area contributed by atoms with E-state index in [0.29, 0.717) is 37.7 Å². The summed E-state index contributed by atoms with van der Waals surface area (Å²) in [6, 6.07) is 16.7. The summed E-state index contributed by atoms with van der Waals surface area (Å²) in [7, 11) is 1.49. The molecule has 10 heteroatoms. The van der Waals surface area contributed by atoms with Crippen LogP contribution in [-0.4, -0.2) is 29.9 Å². The van der Waals surface area contributed by atoms with Crippen LogP contribution >= 0.6 is 35.6 Å². The first-order valence-corrected chi connectivity index (χ1v) is 12.8. The topological polar surface area (TPSA) is 67.9 Å². The number of carbonyl (C=O) groups excluding carboxylic acids is 2. The molecule has 1 fully saturated rings. The van der Waals surface area contributed by atoms with Gasteiger partial charge in [-0.05, 0) is 66.1 Å². The van der Waals surface area contributed by atoms with E-state index in [1.807, 2.05) is 24.3 Å². The van der Waals surface area contributed by atoms with Gasteiger partial charge in [-0.2, -0.15) is 0 Å². The van der Waals surface area contributed by atoms with E-state index in [0.717, 1.165) is 18.2 Å². The largest absolute Gasteiger partial charge is 0.493 e. The summed E-state index contributed by atoms with van der Waals surface area (Å²) in [6.45, 7) is 1.86. The Balaban J connectivity index is 1.44. The fourth-order valence-corrected chi connectivity index (χ4v) is 5.00. The first-order chi connectivity index (χ1) is 17.8. The first kappa shape index (κ1) is 26.7. The van der Waals surface area contributed by atoms with Gasteiger partial charge in [0.1, 0.15) is 5.82 Å². The summed E-state index contributed by atoms with van der Waals surface area (Å²) in [5.41, 5.74) is 2.93. The molecule has 6 nitrogen and oxygen atoms in total. The Morgan fingerprint density at radius 3 is 2.57 bits per heavy atom. The van der Waals surface area contributed by atoms with Gasteiger partial charge in [-0.3, -0.25) is 14.5 Å². The molecule has 1 N–H and O–H groups in total. The number of anilines is 2. The van der Waals surface area contributed by atoms with Crippen LogP contribution in [0.5, 0.6) is 11.5 Å². The molecule has 1 saturated heterocycles. The van der Waals surface area contributed by atoms with Crippen molar-refractivity contribution in [3.8, 4) is 11.5 Å². The lowest BCUT2D eigenvalue weighted by Gasteiger charge is -2.14. The van der Waals surface area contributed by atoms with Crippen LogP contribution in [0.25, 0.3) is 6.08 Å². The van der Waals surface area contributed by atoms with Gasteiger partial charge in [-0.25, -0.2) is 4.39 Å². The minimum absolute atomic E-state index is 0.0982. The Labute approximate surface area is 228 Å². The van der Waals surface area contributed by atoms with Crippen LogP contribution in [0.2, 0.25) is 5.02 Å². The third-order valence-electron chi connectivity index (χ3n) is 5.45. The number of rotatable bonds is 8. The van der Waals surface area contributed by atoms with Gasteiger partial charge < -0.3 is 14.8 Å². The maximum Gasteiger partial charge on any atom is 0.270 e. The van der Waals surface area contributed by atoms with Crippen molar-refractivity contribution in [1.82, 2.24) is 0 Å². The van der Waals surface area contributed by atoms with Crippen LogP contribution in [0, 0.1) is 5.82 Å². The Morgan fingerprint density at radius 1 is 1.14 bits per heavy atom. The summed E-state index contributed by atoms with van der Waals surface area (Å²) >= 11 is 12.4. The summed E-state index contributed by atoms with van der Waals surface area (Å²) in [5.74, 6) is -0.455. The highest BCUT2D eigenvalue weighted by molar-refractivity contribution is 8.27. The third kappa shape index (κ3) is 6.30. The molecule has 1 aliphatic heterocycles. The Hall–Kier alpha value is -3.40. The van der Waals surface area contributed by atoms with Crippen molar-refractivity contribution in [1.29, 1.82) is 0 Å². The number of hydrogen-bond acceptors (Lipinski definition) is 6. The molecule has 1 aliphatic rings. The molecular weight excluding hydrogens is 535 g/mol. The number of thioether (sulfide) groups is 1. The molecule has 0 saturated carbocycles. The molecule has 190 valence electrons. The van der Waals surface area contributed by atoms with Crippen LogP contribution in [-0.2, 0) is 16.0 Å². The highest BCUT2D eigenvalue weighted by atomic mass is 35.5. The van der Waals surface area contributed by atoms with Gasteiger partial charge in [0.05, 0.1) is 22.7 Å². The molecule has 0 bridgehead atoms. The average Bonchev–Trinajstić information content (AvgIpc) is 3.17. The lowest BCUT2D eigenvalue weighted by Crippen LogP contribution is -2.27. The number of methoxy groups -OCH3 is 1. The second-order valence-electron chi connectivity index (χ2n) is 7.91. The molecule has 0 aromatic heterocycles. The van der Waals surface area contributed by atoms with Crippen molar-refractivity contribution in [2.75, 3.05) is 23.9 Å². The number of halogens is 2. The van der Waals surface area contributed by atoms with E-state index in [1.54, 1.807) is 24.3 Å². The van der Waals surface area contributed by atoms with E-state index < -0.39 is 5.82 Å². The Bertz CT molecular complexity index is 1400. The van der Waals surface area contributed by atoms with Gasteiger partial charge >= 0.3 is 0 Å². The van der Waals surface area contributed by atoms with Gasteiger partial charge in [-0.1, -0.05) is 60.7 Å². The predicted octanol–water partition coefficient (Wildman–Crippen LogP) is 6.47. The molecule has 0 unspecified atom stereocenters. The summed E-state index contributed by atoms with van der Waals surface area (Å²) < 4.78 is 24.9. The normalized spacial score (nSPS) is 14.3. The zero-order chi connectivity index (χ0) is 26.5. The van der Waals surface area contributed by atoms with E-state index in [9.17, 15) is 14.0 Å². The number of nitrogens with zero attached hydrogens (tertiary/aromatic N) is 1. The van der Waals surface area contributed by atoms with Crippen LogP contribution in [0.3, 0.4) is 0 Å². The smallest absolute Gasteiger partial charge is 0.270 e. The molecule has 2 amide bonds. The zero-order valence-corrected chi connectivity index (χ0v) is 22.3. The molecule has 37 heavy (non-hydrogen) atoms. The Morgan fingerprint density at radius 2 is 1.89 bits per heavy atom. The maximum absolute atomic E-state index is 13.5. The monoisotopic (exact) mass is 556 g/mol. The first-order valence-electron chi connectivity index (χ1n) is 11.2. The SMILES string of the molecule is CCc1ccc(NC(=O)COc2ccc(/C=C3\SC(=S)N(c4ccc(F)c(Cl)c4)C3=O)cc2OC)cc1. The molecule has 0 atom stereocenters. The van der Waals surface area contributed by atoms with Crippen molar-refractivity contribution < 1.29 is 23.5 Å². The van der Waals surface area contributed by atoms with Crippen molar-refractivity contribution in [3.63, 3.8) is 0 Å². The number of benzene rings is 3. The van der Waals surface area contributed by atoms with Gasteiger partial charge in [0, 0.05) is 5.69 Å². The number of carbonyl (C=O) groups is 2. The minimum atomic E-state index is -0.580. The van der Waals surface area contributed by atoms with Gasteiger partial charge in [-0.15, -0.1) is 0 Å². The zero-order valence-electron chi connectivity index (χ0n) is 19.9. The fraction of sp³-hybridized carbons (Fsp3) is 0.148. The van der Waals surface area contributed by atoms with Crippen molar-refractivity contribution in [3.05, 3.63) is 87.5 Å². The quantitative estimate of drug-likeness (QED) is 0.253. The molecule has 0 aliphatic carbocycles. The van der Waals surface area contributed by atoms with Crippen LogP contribution in [0.15, 0.2) is 65.6 Å². The molecule has 3 aromatic rings. The molecule has 1 heterocycles. The van der Waals surface area contributed by atoms with Crippen molar-refractivity contribution in [2.24, 2.45) is 0 Å². The number of hydrogen-bond donors (Lipinski definition) is 1. The van der Waals surface area contributed by atoms with E-state index in [-0.39, 0.29) is 23.4 Å². The fourth-order valence-electron chi connectivity index (χ4n) is 3.52. The number of thiocarbonyl (C=S) groups is 1. The van der Waals surface area contributed by atoms with Crippen LogP contribution in [0.1, 0.15) is 18.1 Å². The molecular formula is C27H22ClFN2O4S2. The van der Waals surface area contributed by atoms with E-state index >= 15 is 0 Å². The molecule has 3 aromatic carbocycles. The van der Waals surface area contributed by atoms with Gasteiger partial charge in [0.25, 0.3) is 11.8 Å².